The van der Waals surface area contributed by atoms with E-state index in [2.05, 4.69) is 16.6 Å². The number of hydrogen-bond acceptors (Lipinski definition) is 1. The summed E-state index contributed by atoms with van der Waals surface area (Å²) in [6, 6.07) is 0. The van der Waals surface area contributed by atoms with Crippen molar-refractivity contribution < 1.29 is 0 Å². The van der Waals surface area contributed by atoms with E-state index in [1.165, 1.54) is 0 Å². The molecule has 3 nitrogen and oxygen atoms in total. The Hall–Kier alpha value is -1.21. The highest BCUT2D eigenvalue weighted by Crippen LogP contribution is 1.96. The summed E-state index contributed by atoms with van der Waals surface area (Å²) in [4.78, 5) is 2.63. The van der Waals surface area contributed by atoms with Gasteiger partial charge in [0.05, 0.1) is 0 Å². The number of hydrogen-bond donors (Lipinski definition) is 0. The summed E-state index contributed by atoms with van der Waals surface area (Å²) in [5.74, 6) is 0. The van der Waals surface area contributed by atoms with Crippen LogP contribution in [-0.2, 0) is 0 Å². The Morgan fingerprint density at radius 1 is 1.36 bits per heavy atom. The highest BCUT2D eigenvalue weighted by molar-refractivity contribution is 4.84. The summed E-state index contributed by atoms with van der Waals surface area (Å²) < 4.78 is 0. The molecule has 0 saturated heterocycles. The summed E-state index contributed by atoms with van der Waals surface area (Å²) >= 11 is 0. The number of allylic oxidation sites excluding steroid dienone is 2. The Bertz CT molecular complexity index is 166. The molecule has 3 heteroatoms. The predicted molar refractivity (Wildman–Crippen MR) is 47.2 cm³/mol. The highest BCUT2D eigenvalue weighted by Gasteiger charge is 1.77. The van der Waals surface area contributed by atoms with Gasteiger partial charge in [-0.3, -0.25) is 0 Å². The van der Waals surface area contributed by atoms with Crippen molar-refractivity contribution in [3.63, 3.8) is 0 Å². The predicted octanol–water partition coefficient (Wildman–Crippen LogP) is 3.21. The van der Waals surface area contributed by atoms with Crippen molar-refractivity contribution in [1.29, 1.82) is 0 Å². The average Bonchev–Trinajstić information content (AvgIpc) is 2.03. The van der Waals surface area contributed by atoms with Gasteiger partial charge < -0.3 is 0 Å². The second kappa shape index (κ2) is 8.79. The van der Waals surface area contributed by atoms with Crippen molar-refractivity contribution in [2.75, 3.05) is 6.54 Å². The van der Waals surface area contributed by atoms with Crippen LogP contribution in [0.1, 0.15) is 19.3 Å². The van der Waals surface area contributed by atoms with E-state index in [9.17, 15) is 0 Å². The lowest BCUT2D eigenvalue weighted by atomic mass is 10.2. The Morgan fingerprint density at radius 3 is 2.82 bits per heavy atom. The van der Waals surface area contributed by atoms with Crippen molar-refractivity contribution in [3.8, 4) is 0 Å². The molecule has 0 heterocycles. The normalized spacial score (nSPS) is 9.45. The molecule has 0 fully saturated rings. The quantitative estimate of drug-likeness (QED) is 0.184. The van der Waals surface area contributed by atoms with Gasteiger partial charge in [-0.1, -0.05) is 23.3 Å². The minimum Gasteiger partial charge on any atom is -0.103 e. The molecule has 0 N–H and O–H groups in total. The molecule has 0 spiro atoms. The van der Waals surface area contributed by atoms with Crippen LogP contribution in [0.2, 0.25) is 0 Å². The number of nitrogens with zero attached hydrogens (tertiary/aromatic N) is 3. The van der Waals surface area contributed by atoms with Gasteiger partial charge >= 0.3 is 0 Å². The molecule has 0 unspecified atom stereocenters. The van der Waals surface area contributed by atoms with E-state index in [-0.39, 0.29) is 0 Å². The lowest BCUT2D eigenvalue weighted by Gasteiger charge is -1.87. The van der Waals surface area contributed by atoms with Crippen LogP contribution in [0.3, 0.4) is 0 Å². The van der Waals surface area contributed by atoms with E-state index in [4.69, 9.17) is 5.53 Å². The molecular weight excluding hydrogens is 138 g/mol. The van der Waals surface area contributed by atoms with Gasteiger partial charge in [0.25, 0.3) is 0 Å². The van der Waals surface area contributed by atoms with E-state index >= 15 is 0 Å². The van der Waals surface area contributed by atoms with Gasteiger partial charge in [0.2, 0.25) is 0 Å². The third-order valence-electron chi connectivity index (χ3n) is 1.20. The minimum atomic E-state index is 0.463. The zero-order valence-electron chi connectivity index (χ0n) is 6.61. The van der Waals surface area contributed by atoms with Crippen LogP contribution in [0, 0.1) is 0 Å². The van der Waals surface area contributed by atoms with Gasteiger partial charge in [0.1, 0.15) is 0 Å². The van der Waals surface area contributed by atoms with Crippen molar-refractivity contribution in [3.05, 3.63) is 35.2 Å². The van der Waals surface area contributed by atoms with Crippen LogP contribution in [0.25, 0.3) is 10.4 Å². The molecule has 0 amide bonds. The van der Waals surface area contributed by atoms with Crippen LogP contribution in [0.5, 0.6) is 0 Å². The third kappa shape index (κ3) is 8.79. The standard InChI is InChI=1S/C8H13N3/c1-2-3-4-5-6-7-8-10-11-9/h2,6-7H,1,3-5,8H2. The van der Waals surface area contributed by atoms with E-state index in [0.717, 1.165) is 19.3 Å². The molecule has 0 rings (SSSR count). The molecule has 0 aromatic heterocycles. The maximum Gasteiger partial charge on any atom is 0.0440 e. The van der Waals surface area contributed by atoms with Crippen LogP contribution in [0.4, 0.5) is 0 Å². The second-order valence-electron chi connectivity index (χ2n) is 2.10. The first kappa shape index (κ1) is 9.79. The zero-order valence-corrected chi connectivity index (χ0v) is 6.61. The highest BCUT2D eigenvalue weighted by atomic mass is 15.1. The van der Waals surface area contributed by atoms with Crippen molar-refractivity contribution in [1.82, 2.24) is 0 Å². The van der Waals surface area contributed by atoms with Crippen LogP contribution >= 0.6 is 0 Å². The van der Waals surface area contributed by atoms with Gasteiger partial charge in [-0.25, -0.2) is 0 Å². The monoisotopic (exact) mass is 151 g/mol. The summed E-state index contributed by atoms with van der Waals surface area (Å²) in [6.07, 6.45) is 9.01. The molecule has 60 valence electrons. The molecule has 0 aromatic carbocycles. The summed E-state index contributed by atoms with van der Waals surface area (Å²) in [6.45, 7) is 4.08. The fourth-order valence-electron chi connectivity index (χ4n) is 0.656. The molecule has 0 aliphatic rings. The smallest absolute Gasteiger partial charge is 0.0440 e. The minimum absolute atomic E-state index is 0.463. The van der Waals surface area contributed by atoms with Crippen LogP contribution in [-0.4, -0.2) is 6.54 Å². The molecule has 0 saturated carbocycles. The fraction of sp³-hybridized carbons (Fsp3) is 0.500. The molecular formula is C8H13N3. The Balaban J connectivity index is 3.15. The number of unbranched alkanes of at least 4 members (excludes halogenated alkanes) is 2. The van der Waals surface area contributed by atoms with E-state index in [1.807, 2.05) is 18.2 Å². The second-order valence-corrected chi connectivity index (χ2v) is 2.10. The van der Waals surface area contributed by atoms with Gasteiger partial charge in [-0.2, -0.15) is 0 Å². The Morgan fingerprint density at radius 2 is 2.18 bits per heavy atom. The molecule has 0 aliphatic heterocycles. The molecule has 0 atom stereocenters. The van der Waals surface area contributed by atoms with Gasteiger partial charge in [0.15, 0.2) is 0 Å². The summed E-state index contributed by atoms with van der Waals surface area (Å²) in [7, 11) is 0. The van der Waals surface area contributed by atoms with Crippen molar-refractivity contribution >= 4 is 0 Å². The van der Waals surface area contributed by atoms with Crippen LogP contribution < -0.4 is 0 Å². The molecule has 0 bridgehead atoms. The number of rotatable bonds is 6. The topological polar surface area (TPSA) is 48.8 Å². The van der Waals surface area contributed by atoms with Crippen LogP contribution in [0.15, 0.2) is 29.9 Å². The largest absolute Gasteiger partial charge is 0.103 e. The molecule has 11 heavy (non-hydrogen) atoms. The van der Waals surface area contributed by atoms with Gasteiger partial charge in [0, 0.05) is 11.5 Å². The Labute approximate surface area is 67.0 Å². The van der Waals surface area contributed by atoms with Crippen molar-refractivity contribution in [2.45, 2.75) is 19.3 Å². The lowest BCUT2D eigenvalue weighted by molar-refractivity contribution is 0.867. The average molecular weight is 151 g/mol. The van der Waals surface area contributed by atoms with E-state index in [1.54, 1.807) is 0 Å². The fourth-order valence-corrected chi connectivity index (χ4v) is 0.656. The molecule has 0 radical (unpaired) electrons. The summed E-state index contributed by atoms with van der Waals surface area (Å²) in [5.41, 5.74) is 7.92. The molecule has 0 aliphatic carbocycles. The van der Waals surface area contributed by atoms with E-state index in [0.29, 0.717) is 6.54 Å². The lowest BCUT2D eigenvalue weighted by Crippen LogP contribution is -1.70. The molecule has 0 aromatic rings. The maximum absolute atomic E-state index is 7.92. The van der Waals surface area contributed by atoms with Gasteiger partial charge in [-0.15, -0.1) is 6.58 Å². The Kier molecular flexibility index (Phi) is 7.82. The maximum atomic E-state index is 7.92. The third-order valence-corrected chi connectivity index (χ3v) is 1.20. The SMILES string of the molecule is C=CCCCC=CCN=[N+]=[N-]. The first-order chi connectivity index (χ1) is 5.41. The first-order valence-electron chi connectivity index (χ1n) is 3.68. The summed E-state index contributed by atoms with van der Waals surface area (Å²) in [5, 5.41) is 3.36. The number of azide groups is 1. The zero-order chi connectivity index (χ0) is 8.36. The van der Waals surface area contributed by atoms with E-state index < -0.39 is 0 Å². The first-order valence-corrected chi connectivity index (χ1v) is 3.68. The van der Waals surface area contributed by atoms with Gasteiger partial charge in [-0.05, 0) is 24.8 Å². The van der Waals surface area contributed by atoms with Crippen molar-refractivity contribution in [2.24, 2.45) is 5.11 Å².